The number of fused-ring (bicyclic) bond motifs is 3. The van der Waals surface area contributed by atoms with Crippen LogP contribution in [0.15, 0.2) is 24.3 Å². The van der Waals surface area contributed by atoms with Crippen LogP contribution in [0.25, 0.3) is 0 Å². The molecule has 31 heavy (non-hydrogen) atoms. The second-order valence-electron chi connectivity index (χ2n) is 11.8. The number of ketones is 1. The number of benzene rings is 1. The average Bonchev–Trinajstić information content (AvgIpc) is 2.90. The van der Waals surface area contributed by atoms with Gasteiger partial charge in [0.05, 0.1) is 5.41 Å². The molecule has 5 rings (SSSR count). The molecule has 0 radical (unpaired) electrons. The molecule has 168 valence electrons. The van der Waals surface area contributed by atoms with Gasteiger partial charge in [0, 0.05) is 21.0 Å². The molecule has 4 heteroatoms. The third-order valence-electron chi connectivity index (χ3n) is 10.1. The predicted molar refractivity (Wildman–Crippen MR) is 129 cm³/mol. The molecule has 1 aromatic rings. The molecule has 1 spiro atoms. The summed E-state index contributed by atoms with van der Waals surface area (Å²) in [7, 11) is 0. The molecule has 0 N–H and O–H groups in total. The zero-order valence-electron chi connectivity index (χ0n) is 19.1. The lowest BCUT2D eigenvalue weighted by molar-refractivity contribution is -0.189. The quantitative estimate of drug-likeness (QED) is 0.320. The molecule has 4 saturated carbocycles. The van der Waals surface area contributed by atoms with Crippen molar-refractivity contribution in [2.24, 2.45) is 33.5 Å². The standard InChI is InChI=1S/C27H35IO3/c1-24-13-9-21-25(2)11-6-12-26(3,20(25)10-14-27(21,17-24)15-22(24)29)23(30)31-16-18-7-4-5-8-19(18)28/h4-5,7-8,20-21H,6,9-17H2,1-3H3/t20-,21-,24-,25+,26+,27-/m0/s1. The van der Waals surface area contributed by atoms with Gasteiger partial charge in [0.15, 0.2) is 0 Å². The van der Waals surface area contributed by atoms with Gasteiger partial charge in [-0.1, -0.05) is 38.5 Å². The molecule has 0 aromatic heterocycles. The van der Waals surface area contributed by atoms with Crippen molar-refractivity contribution >= 4 is 34.3 Å². The van der Waals surface area contributed by atoms with Crippen LogP contribution < -0.4 is 0 Å². The van der Waals surface area contributed by atoms with E-state index in [0.29, 0.717) is 24.2 Å². The third kappa shape index (κ3) is 3.17. The predicted octanol–water partition coefficient (Wildman–Crippen LogP) is 6.71. The van der Waals surface area contributed by atoms with E-state index in [2.05, 4.69) is 49.4 Å². The molecule has 4 fully saturated rings. The van der Waals surface area contributed by atoms with Crippen LogP contribution in [0.5, 0.6) is 0 Å². The fourth-order valence-corrected chi connectivity index (χ4v) is 9.22. The Morgan fingerprint density at radius 1 is 1.06 bits per heavy atom. The summed E-state index contributed by atoms with van der Waals surface area (Å²) in [6, 6.07) is 8.12. The maximum atomic E-state index is 13.5. The highest BCUT2D eigenvalue weighted by Crippen LogP contribution is 2.73. The fourth-order valence-electron chi connectivity index (χ4n) is 8.67. The van der Waals surface area contributed by atoms with Crippen LogP contribution in [0.3, 0.4) is 0 Å². The monoisotopic (exact) mass is 534 g/mol. The first kappa shape index (κ1) is 21.9. The average molecular weight is 534 g/mol. The fraction of sp³-hybridized carbons (Fsp3) is 0.704. The van der Waals surface area contributed by atoms with Crippen molar-refractivity contribution in [1.82, 2.24) is 0 Å². The zero-order valence-corrected chi connectivity index (χ0v) is 21.3. The first-order valence-corrected chi connectivity index (χ1v) is 13.1. The largest absolute Gasteiger partial charge is 0.460 e. The van der Waals surface area contributed by atoms with Gasteiger partial charge < -0.3 is 4.74 Å². The van der Waals surface area contributed by atoms with Crippen LogP contribution >= 0.6 is 22.6 Å². The normalized spacial score (nSPS) is 43.8. The summed E-state index contributed by atoms with van der Waals surface area (Å²) in [4.78, 5) is 26.4. The minimum absolute atomic E-state index is 0.0119. The molecule has 0 amide bonds. The molecule has 0 aliphatic heterocycles. The maximum absolute atomic E-state index is 13.5. The highest BCUT2D eigenvalue weighted by atomic mass is 127. The summed E-state index contributed by atoms with van der Waals surface area (Å²) in [5.74, 6) is 1.42. The number of rotatable bonds is 3. The van der Waals surface area contributed by atoms with Crippen molar-refractivity contribution in [2.45, 2.75) is 85.2 Å². The molecule has 1 aromatic carbocycles. The molecule has 2 bridgehead atoms. The van der Waals surface area contributed by atoms with Gasteiger partial charge in [-0.05, 0) is 103 Å². The lowest BCUT2D eigenvalue weighted by Gasteiger charge is -2.63. The van der Waals surface area contributed by atoms with E-state index in [1.807, 2.05) is 18.2 Å². The molecule has 3 nitrogen and oxygen atoms in total. The summed E-state index contributed by atoms with van der Waals surface area (Å²) in [5, 5.41) is 0. The zero-order chi connectivity index (χ0) is 22.1. The number of Topliss-reactive ketones (excluding diaryl/α,β-unsaturated/α-hetero) is 1. The lowest BCUT2D eigenvalue weighted by atomic mass is 9.40. The van der Waals surface area contributed by atoms with Gasteiger partial charge in [0.1, 0.15) is 12.4 Å². The SMILES string of the molecule is C[C@@]12CC[C@@H]3[C@@](CC[C@H]4[C@@]3(C)CCC[C@@]4(C)C(=O)OCc3ccccc3I)(CC1=O)C2. The second kappa shape index (κ2) is 7.30. The Balaban J connectivity index is 1.40. The first-order valence-electron chi connectivity index (χ1n) is 12.1. The van der Waals surface area contributed by atoms with Crippen LogP contribution in [0.1, 0.15) is 84.1 Å². The minimum atomic E-state index is -0.418. The number of halogens is 1. The van der Waals surface area contributed by atoms with Gasteiger partial charge in [0.25, 0.3) is 0 Å². The number of carbonyl (C=O) groups excluding carboxylic acids is 2. The van der Waals surface area contributed by atoms with Crippen LogP contribution in [0.2, 0.25) is 0 Å². The van der Waals surface area contributed by atoms with Gasteiger partial charge in [-0.2, -0.15) is 0 Å². The van der Waals surface area contributed by atoms with Crippen LogP contribution in [-0.4, -0.2) is 11.8 Å². The van der Waals surface area contributed by atoms with E-state index in [4.69, 9.17) is 4.74 Å². The van der Waals surface area contributed by atoms with Gasteiger partial charge in [-0.25, -0.2) is 0 Å². The third-order valence-corrected chi connectivity index (χ3v) is 11.2. The van der Waals surface area contributed by atoms with Crippen LogP contribution in [0, 0.1) is 37.1 Å². The number of hydrogen-bond acceptors (Lipinski definition) is 3. The molecule has 4 aliphatic carbocycles. The van der Waals surface area contributed by atoms with E-state index in [1.165, 1.54) is 6.42 Å². The smallest absolute Gasteiger partial charge is 0.312 e. The maximum Gasteiger partial charge on any atom is 0.312 e. The van der Waals surface area contributed by atoms with Crippen LogP contribution in [-0.2, 0) is 20.9 Å². The highest BCUT2D eigenvalue weighted by molar-refractivity contribution is 14.1. The number of ether oxygens (including phenoxy) is 1. The van der Waals surface area contributed by atoms with Crippen molar-refractivity contribution in [3.8, 4) is 0 Å². The number of esters is 1. The minimum Gasteiger partial charge on any atom is -0.460 e. The van der Waals surface area contributed by atoms with Crippen molar-refractivity contribution in [3.05, 3.63) is 33.4 Å². The van der Waals surface area contributed by atoms with E-state index in [0.717, 1.165) is 60.5 Å². The van der Waals surface area contributed by atoms with E-state index >= 15 is 0 Å². The molecule has 0 unspecified atom stereocenters. The Morgan fingerprint density at radius 2 is 1.81 bits per heavy atom. The molecule has 6 atom stereocenters. The molecule has 0 saturated heterocycles. The number of hydrogen-bond donors (Lipinski definition) is 0. The Labute approximate surface area is 200 Å². The van der Waals surface area contributed by atoms with Crippen molar-refractivity contribution in [3.63, 3.8) is 0 Å². The molecule has 4 aliphatic rings. The first-order chi connectivity index (χ1) is 14.6. The Bertz CT molecular complexity index is 927. The van der Waals surface area contributed by atoms with Gasteiger partial charge in [-0.3, -0.25) is 9.59 Å². The molecular weight excluding hydrogens is 499 g/mol. The highest BCUT2D eigenvalue weighted by Gasteiger charge is 2.68. The van der Waals surface area contributed by atoms with Crippen molar-refractivity contribution in [1.29, 1.82) is 0 Å². The van der Waals surface area contributed by atoms with Crippen LogP contribution in [0.4, 0.5) is 0 Å². The summed E-state index contributed by atoms with van der Waals surface area (Å²) in [6.07, 6.45) is 9.42. The van der Waals surface area contributed by atoms with E-state index in [1.54, 1.807) is 0 Å². The molecular formula is C27H35IO3. The topological polar surface area (TPSA) is 43.4 Å². The summed E-state index contributed by atoms with van der Waals surface area (Å²) in [6.45, 7) is 7.21. The van der Waals surface area contributed by atoms with E-state index < -0.39 is 5.41 Å². The summed E-state index contributed by atoms with van der Waals surface area (Å²) >= 11 is 2.31. The van der Waals surface area contributed by atoms with E-state index in [-0.39, 0.29) is 22.2 Å². The van der Waals surface area contributed by atoms with Crippen molar-refractivity contribution < 1.29 is 14.3 Å². The summed E-state index contributed by atoms with van der Waals surface area (Å²) < 4.78 is 7.12. The summed E-state index contributed by atoms with van der Waals surface area (Å²) in [5.41, 5.74) is 0.911. The van der Waals surface area contributed by atoms with E-state index in [9.17, 15) is 9.59 Å². The lowest BCUT2D eigenvalue weighted by Crippen LogP contribution is -2.58. The second-order valence-corrected chi connectivity index (χ2v) is 13.0. The van der Waals surface area contributed by atoms with Gasteiger partial charge >= 0.3 is 5.97 Å². The van der Waals surface area contributed by atoms with Crippen molar-refractivity contribution in [2.75, 3.05) is 0 Å². The van der Waals surface area contributed by atoms with Gasteiger partial charge in [-0.15, -0.1) is 0 Å². The Hall–Kier alpha value is -0.910. The van der Waals surface area contributed by atoms with Gasteiger partial charge in [0.2, 0.25) is 0 Å². The Kier molecular flexibility index (Phi) is 5.16. The molecule has 0 heterocycles. The Morgan fingerprint density at radius 3 is 2.58 bits per heavy atom. The number of carbonyl (C=O) groups is 2.